The van der Waals surface area contributed by atoms with Crippen LogP contribution < -0.4 is 5.32 Å². The van der Waals surface area contributed by atoms with Crippen molar-refractivity contribution in [1.29, 1.82) is 0 Å². The Bertz CT molecular complexity index is 706. The van der Waals surface area contributed by atoms with Gasteiger partial charge in [-0.2, -0.15) is 0 Å². The minimum Gasteiger partial charge on any atom is -0.444 e. The molecular formula is C19H28ClN3O2. The van der Waals surface area contributed by atoms with Crippen LogP contribution in [0.15, 0.2) is 24.4 Å². The van der Waals surface area contributed by atoms with Crippen molar-refractivity contribution in [1.82, 2.24) is 15.2 Å². The molecule has 1 aromatic heterocycles. The first-order valence-corrected chi connectivity index (χ1v) is 9.12. The highest BCUT2D eigenvalue weighted by Gasteiger charge is 2.21. The molecule has 0 aliphatic heterocycles. The lowest BCUT2D eigenvalue weighted by Crippen LogP contribution is -2.40. The van der Waals surface area contributed by atoms with Crippen LogP contribution in [0.1, 0.15) is 39.7 Å². The quantitative estimate of drug-likeness (QED) is 0.707. The topological polar surface area (TPSA) is 57.4 Å². The number of nitrogens with zero attached hydrogens (tertiary/aromatic N) is 1. The van der Waals surface area contributed by atoms with Crippen molar-refractivity contribution in [2.45, 2.75) is 46.3 Å². The average molecular weight is 366 g/mol. The van der Waals surface area contributed by atoms with E-state index in [1.165, 1.54) is 5.56 Å². The summed E-state index contributed by atoms with van der Waals surface area (Å²) in [5.41, 5.74) is 1.75. The molecule has 2 rings (SSSR count). The summed E-state index contributed by atoms with van der Waals surface area (Å²) in [5, 5.41) is 5.28. The number of aromatic amines is 1. The molecule has 1 heterocycles. The second-order valence-corrected chi connectivity index (χ2v) is 7.58. The fourth-order valence-corrected chi connectivity index (χ4v) is 2.80. The van der Waals surface area contributed by atoms with Gasteiger partial charge in [-0.15, -0.1) is 0 Å². The van der Waals surface area contributed by atoms with Gasteiger partial charge in [0.15, 0.2) is 0 Å². The number of fused-ring (bicyclic) bond motifs is 1. The van der Waals surface area contributed by atoms with Gasteiger partial charge in [0, 0.05) is 48.3 Å². The maximum atomic E-state index is 12.2. The Kier molecular flexibility index (Phi) is 6.73. The maximum absolute atomic E-state index is 12.2. The predicted octanol–water partition coefficient (Wildman–Crippen LogP) is 4.56. The van der Waals surface area contributed by atoms with Crippen molar-refractivity contribution >= 4 is 28.6 Å². The largest absolute Gasteiger partial charge is 0.444 e. The summed E-state index contributed by atoms with van der Waals surface area (Å²) in [5.74, 6) is 0. The van der Waals surface area contributed by atoms with E-state index in [4.69, 9.17) is 16.3 Å². The van der Waals surface area contributed by atoms with Gasteiger partial charge in [-0.25, -0.2) is 4.79 Å². The van der Waals surface area contributed by atoms with Gasteiger partial charge < -0.3 is 19.9 Å². The van der Waals surface area contributed by atoms with E-state index in [1.807, 2.05) is 45.2 Å². The van der Waals surface area contributed by atoms with Crippen LogP contribution in [0.2, 0.25) is 5.02 Å². The third-order valence-electron chi connectivity index (χ3n) is 3.75. The zero-order valence-electron chi connectivity index (χ0n) is 15.5. The molecular weight excluding hydrogens is 338 g/mol. The standard InChI is InChI=1S/C19H28ClN3O2/c1-5-9-23(18(24)25-19(2,3)4)10-8-21-12-14-13-22-17-11-15(20)6-7-16(14)17/h6-7,11,13,21-22H,5,8-10,12H2,1-4H3. The molecule has 0 unspecified atom stereocenters. The van der Waals surface area contributed by atoms with Crippen LogP contribution >= 0.6 is 11.6 Å². The molecule has 0 bridgehead atoms. The van der Waals surface area contributed by atoms with Crippen LogP contribution in [-0.2, 0) is 11.3 Å². The number of amides is 1. The molecule has 0 fully saturated rings. The third-order valence-corrected chi connectivity index (χ3v) is 3.98. The second kappa shape index (κ2) is 8.59. The van der Waals surface area contributed by atoms with E-state index >= 15 is 0 Å². The number of carbonyl (C=O) groups excluding carboxylic acids is 1. The molecule has 0 spiro atoms. The summed E-state index contributed by atoms with van der Waals surface area (Å²) in [6, 6.07) is 5.84. The number of hydrogen-bond donors (Lipinski definition) is 2. The molecule has 2 N–H and O–H groups in total. The molecule has 0 aliphatic carbocycles. The van der Waals surface area contributed by atoms with E-state index in [9.17, 15) is 4.79 Å². The van der Waals surface area contributed by atoms with E-state index in [0.29, 0.717) is 19.6 Å². The molecule has 0 atom stereocenters. The summed E-state index contributed by atoms with van der Waals surface area (Å²) in [4.78, 5) is 17.2. The van der Waals surface area contributed by atoms with Gasteiger partial charge in [0.05, 0.1) is 0 Å². The predicted molar refractivity (Wildman–Crippen MR) is 103 cm³/mol. The molecule has 6 heteroatoms. The van der Waals surface area contributed by atoms with Gasteiger partial charge >= 0.3 is 6.09 Å². The van der Waals surface area contributed by atoms with Crippen LogP contribution in [-0.4, -0.2) is 41.2 Å². The number of halogens is 1. The number of rotatable bonds is 7. The van der Waals surface area contributed by atoms with Crippen molar-refractivity contribution < 1.29 is 9.53 Å². The van der Waals surface area contributed by atoms with Crippen molar-refractivity contribution in [2.75, 3.05) is 19.6 Å². The Labute approximate surface area is 154 Å². The van der Waals surface area contributed by atoms with E-state index in [1.54, 1.807) is 4.90 Å². The lowest BCUT2D eigenvalue weighted by molar-refractivity contribution is 0.0252. The number of carbonyl (C=O) groups is 1. The molecule has 138 valence electrons. The third kappa shape index (κ3) is 5.94. The number of nitrogens with one attached hydrogen (secondary N) is 2. The molecule has 1 aromatic carbocycles. The van der Waals surface area contributed by atoms with Crippen LogP contribution in [0.25, 0.3) is 10.9 Å². The van der Waals surface area contributed by atoms with Crippen LogP contribution in [0.5, 0.6) is 0 Å². The second-order valence-electron chi connectivity index (χ2n) is 7.15. The SMILES string of the molecule is CCCN(CCNCc1c[nH]c2cc(Cl)ccc12)C(=O)OC(C)(C)C. The number of H-pyrrole nitrogens is 1. The van der Waals surface area contributed by atoms with Crippen molar-refractivity contribution in [2.24, 2.45) is 0 Å². The first-order chi connectivity index (χ1) is 11.8. The Morgan fingerprint density at radius 2 is 2.08 bits per heavy atom. The van der Waals surface area contributed by atoms with Gasteiger partial charge in [-0.1, -0.05) is 24.6 Å². The first-order valence-electron chi connectivity index (χ1n) is 8.74. The highest BCUT2D eigenvalue weighted by atomic mass is 35.5. The van der Waals surface area contributed by atoms with Crippen molar-refractivity contribution in [3.63, 3.8) is 0 Å². The Balaban J connectivity index is 1.86. The van der Waals surface area contributed by atoms with Gasteiger partial charge in [0.25, 0.3) is 0 Å². The Morgan fingerprint density at radius 3 is 2.76 bits per heavy atom. The molecule has 0 radical (unpaired) electrons. The Hall–Kier alpha value is -1.72. The average Bonchev–Trinajstić information content (AvgIpc) is 2.90. The van der Waals surface area contributed by atoms with E-state index in [0.717, 1.165) is 28.9 Å². The number of benzene rings is 1. The van der Waals surface area contributed by atoms with E-state index in [-0.39, 0.29) is 6.09 Å². The molecule has 0 saturated carbocycles. The lowest BCUT2D eigenvalue weighted by Gasteiger charge is -2.27. The minimum absolute atomic E-state index is 0.252. The van der Waals surface area contributed by atoms with Crippen LogP contribution in [0.4, 0.5) is 4.79 Å². The highest BCUT2D eigenvalue weighted by Crippen LogP contribution is 2.21. The molecule has 0 saturated heterocycles. The normalized spacial score (nSPS) is 11.7. The monoisotopic (exact) mass is 365 g/mol. The number of aromatic nitrogens is 1. The lowest BCUT2D eigenvalue weighted by atomic mass is 10.2. The van der Waals surface area contributed by atoms with Crippen molar-refractivity contribution in [3.8, 4) is 0 Å². The fraction of sp³-hybridized carbons (Fsp3) is 0.526. The summed E-state index contributed by atoms with van der Waals surface area (Å²) in [7, 11) is 0. The van der Waals surface area contributed by atoms with Crippen molar-refractivity contribution in [3.05, 3.63) is 35.0 Å². The summed E-state index contributed by atoms with van der Waals surface area (Å²) in [6.07, 6.45) is 2.64. The fourth-order valence-electron chi connectivity index (χ4n) is 2.63. The molecule has 5 nitrogen and oxygen atoms in total. The summed E-state index contributed by atoms with van der Waals surface area (Å²) >= 11 is 6.01. The van der Waals surface area contributed by atoms with Gasteiger partial charge in [0.2, 0.25) is 0 Å². The van der Waals surface area contributed by atoms with Crippen LogP contribution in [0, 0.1) is 0 Å². The van der Waals surface area contributed by atoms with Gasteiger partial charge in [-0.05, 0) is 44.9 Å². The smallest absolute Gasteiger partial charge is 0.410 e. The molecule has 0 aliphatic rings. The molecule has 25 heavy (non-hydrogen) atoms. The Morgan fingerprint density at radius 1 is 1.32 bits per heavy atom. The molecule has 2 aromatic rings. The summed E-state index contributed by atoms with van der Waals surface area (Å²) < 4.78 is 5.47. The zero-order valence-corrected chi connectivity index (χ0v) is 16.2. The zero-order chi connectivity index (χ0) is 18.4. The van der Waals surface area contributed by atoms with E-state index < -0.39 is 5.60 Å². The van der Waals surface area contributed by atoms with Gasteiger partial charge in [-0.3, -0.25) is 0 Å². The minimum atomic E-state index is -0.470. The van der Waals surface area contributed by atoms with E-state index in [2.05, 4.69) is 17.2 Å². The first kappa shape index (κ1) is 19.6. The number of ether oxygens (including phenoxy) is 1. The van der Waals surface area contributed by atoms with Gasteiger partial charge in [0.1, 0.15) is 5.60 Å². The maximum Gasteiger partial charge on any atom is 0.410 e. The van der Waals surface area contributed by atoms with Crippen LogP contribution in [0.3, 0.4) is 0 Å². The highest BCUT2D eigenvalue weighted by molar-refractivity contribution is 6.31. The summed E-state index contributed by atoms with van der Waals surface area (Å²) in [6.45, 7) is 10.5. The molecule has 1 amide bonds. The number of hydrogen-bond acceptors (Lipinski definition) is 3.